The summed E-state index contributed by atoms with van der Waals surface area (Å²) in [4.78, 5) is 0. The maximum absolute atomic E-state index is 13.9. The summed E-state index contributed by atoms with van der Waals surface area (Å²) in [6.07, 6.45) is 1.73. The minimum Gasteiger partial charge on any atom is -0.454 e. The van der Waals surface area contributed by atoms with Gasteiger partial charge in [-0.3, -0.25) is 0 Å². The van der Waals surface area contributed by atoms with Gasteiger partial charge in [0.25, 0.3) is 0 Å². The van der Waals surface area contributed by atoms with Gasteiger partial charge in [0.05, 0.1) is 0 Å². The number of ether oxygens (including phenoxy) is 1. The molecular formula is C17H19BrFNO. The van der Waals surface area contributed by atoms with Crippen molar-refractivity contribution in [2.24, 2.45) is 5.73 Å². The van der Waals surface area contributed by atoms with E-state index in [1.54, 1.807) is 25.1 Å². The van der Waals surface area contributed by atoms with Gasteiger partial charge < -0.3 is 10.5 Å². The Bertz CT molecular complexity index is 630. The summed E-state index contributed by atoms with van der Waals surface area (Å²) in [6.45, 7) is 3.78. The second-order valence-corrected chi connectivity index (χ2v) is 5.97. The van der Waals surface area contributed by atoms with Crippen molar-refractivity contribution in [2.75, 3.05) is 0 Å². The van der Waals surface area contributed by atoms with Gasteiger partial charge in [-0.1, -0.05) is 41.1 Å². The number of halogens is 2. The van der Waals surface area contributed by atoms with Crippen molar-refractivity contribution in [3.05, 3.63) is 57.8 Å². The second kappa shape index (κ2) is 7.05. The van der Waals surface area contributed by atoms with Gasteiger partial charge in [-0.05, 0) is 49.1 Å². The maximum Gasteiger partial charge on any atom is 0.168 e. The lowest BCUT2D eigenvalue weighted by molar-refractivity contribution is 0.439. The van der Waals surface area contributed by atoms with Gasteiger partial charge in [0.1, 0.15) is 5.75 Å². The van der Waals surface area contributed by atoms with E-state index in [0.717, 1.165) is 22.9 Å². The summed E-state index contributed by atoms with van der Waals surface area (Å²) < 4.78 is 20.5. The lowest BCUT2D eigenvalue weighted by atomic mass is 10.0. The molecule has 1 unspecified atom stereocenters. The lowest BCUT2D eigenvalue weighted by Crippen LogP contribution is -2.21. The van der Waals surface area contributed by atoms with Crippen LogP contribution >= 0.6 is 15.9 Å². The highest BCUT2D eigenvalue weighted by Gasteiger charge is 2.10. The highest BCUT2D eigenvalue weighted by molar-refractivity contribution is 9.10. The molecule has 2 rings (SSSR count). The zero-order valence-corrected chi connectivity index (χ0v) is 13.8. The highest BCUT2D eigenvalue weighted by Crippen LogP contribution is 2.30. The predicted molar refractivity (Wildman–Crippen MR) is 87.3 cm³/mol. The van der Waals surface area contributed by atoms with E-state index in [9.17, 15) is 4.39 Å². The van der Waals surface area contributed by atoms with Crippen LogP contribution in [0.1, 0.15) is 24.5 Å². The smallest absolute Gasteiger partial charge is 0.168 e. The largest absolute Gasteiger partial charge is 0.454 e. The molecule has 0 aromatic heterocycles. The van der Waals surface area contributed by atoms with Gasteiger partial charge in [0.15, 0.2) is 11.6 Å². The van der Waals surface area contributed by atoms with Crippen molar-refractivity contribution in [3.63, 3.8) is 0 Å². The van der Waals surface area contributed by atoms with E-state index in [-0.39, 0.29) is 17.6 Å². The molecule has 112 valence electrons. The van der Waals surface area contributed by atoms with Gasteiger partial charge in [-0.25, -0.2) is 4.39 Å². The van der Waals surface area contributed by atoms with Gasteiger partial charge in [0, 0.05) is 10.5 Å². The topological polar surface area (TPSA) is 35.2 Å². The Morgan fingerprint density at radius 3 is 2.71 bits per heavy atom. The second-order valence-electron chi connectivity index (χ2n) is 5.11. The van der Waals surface area contributed by atoms with Gasteiger partial charge in [-0.15, -0.1) is 0 Å². The molecule has 2 nitrogen and oxygen atoms in total. The van der Waals surface area contributed by atoms with E-state index in [1.807, 2.05) is 18.2 Å². The molecule has 0 radical (unpaired) electrons. The summed E-state index contributed by atoms with van der Waals surface area (Å²) in [5.74, 6) is 0.505. The van der Waals surface area contributed by atoms with Crippen molar-refractivity contribution in [2.45, 2.75) is 32.7 Å². The van der Waals surface area contributed by atoms with E-state index < -0.39 is 0 Å². The fraction of sp³-hybridized carbons (Fsp3) is 0.294. The molecule has 0 bridgehead atoms. The van der Waals surface area contributed by atoms with Crippen LogP contribution in [-0.2, 0) is 6.42 Å². The molecule has 0 spiro atoms. The molecule has 0 aliphatic heterocycles. The molecule has 2 aromatic rings. The standard InChI is InChI=1S/C17H19BrFNO/c1-3-13(20)9-12-7-8-14(10-15(12)18)21-16-6-4-5-11(2)17(16)19/h4-8,10,13H,3,9,20H2,1-2H3. The van der Waals surface area contributed by atoms with E-state index in [2.05, 4.69) is 22.9 Å². The monoisotopic (exact) mass is 351 g/mol. The summed E-state index contributed by atoms with van der Waals surface area (Å²) >= 11 is 3.52. The van der Waals surface area contributed by atoms with E-state index in [0.29, 0.717) is 11.3 Å². The maximum atomic E-state index is 13.9. The molecule has 21 heavy (non-hydrogen) atoms. The van der Waals surface area contributed by atoms with Crippen LogP contribution in [0.3, 0.4) is 0 Å². The summed E-state index contributed by atoms with van der Waals surface area (Å²) in [5.41, 5.74) is 7.66. The number of hydrogen-bond donors (Lipinski definition) is 1. The number of nitrogens with two attached hydrogens (primary N) is 1. The number of aryl methyl sites for hydroxylation is 1. The van der Waals surface area contributed by atoms with Crippen LogP contribution in [0, 0.1) is 12.7 Å². The quantitative estimate of drug-likeness (QED) is 0.825. The SMILES string of the molecule is CCC(N)Cc1ccc(Oc2cccc(C)c2F)cc1Br. The Labute approximate surface area is 133 Å². The van der Waals surface area contributed by atoms with E-state index in [4.69, 9.17) is 10.5 Å². The van der Waals surface area contributed by atoms with E-state index in [1.165, 1.54) is 0 Å². The zero-order valence-electron chi connectivity index (χ0n) is 12.2. The summed E-state index contributed by atoms with van der Waals surface area (Å²) in [7, 11) is 0. The van der Waals surface area contributed by atoms with Gasteiger partial charge in [-0.2, -0.15) is 0 Å². The molecule has 2 N–H and O–H groups in total. The summed E-state index contributed by atoms with van der Waals surface area (Å²) in [6, 6.07) is 10.9. The van der Waals surface area contributed by atoms with Crippen molar-refractivity contribution >= 4 is 15.9 Å². The van der Waals surface area contributed by atoms with E-state index >= 15 is 0 Å². The Hall–Kier alpha value is -1.39. The van der Waals surface area contributed by atoms with Gasteiger partial charge in [0.2, 0.25) is 0 Å². The molecule has 4 heteroatoms. The van der Waals surface area contributed by atoms with Crippen LogP contribution in [0.25, 0.3) is 0 Å². The number of hydrogen-bond acceptors (Lipinski definition) is 2. The van der Waals surface area contributed by atoms with Crippen LogP contribution in [0.4, 0.5) is 4.39 Å². The normalized spacial score (nSPS) is 12.2. The molecule has 0 fully saturated rings. The Kier molecular flexibility index (Phi) is 5.37. The van der Waals surface area contributed by atoms with Crippen LogP contribution in [-0.4, -0.2) is 6.04 Å². The van der Waals surface area contributed by atoms with Crippen LogP contribution in [0.5, 0.6) is 11.5 Å². The van der Waals surface area contributed by atoms with Crippen molar-refractivity contribution in [3.8, 4) is 11.5 Å². The zero-order chi connectivity index (χ0) is 15.4. The molecule has 0 aliphatic rings. The Balaban J connectivity index is 2.18. The molecule has 0 saturated heterocycles. The fourth-order valence-electron chi connectivity index (χ4n) is 2.01. The average Bonchev–Trinajstić information content (AvgIpc) is 2.46. The Morgan fingerprint density at radius 1 is 1.29 bits per heavy atom. The molecule has 2 aromatic carbocycles. The molecule has 0 aliphatic carbocycles. The molecule has 0 saturated carbocycles. The van der Waals surface area contributed by atoms with Crippen molar-refractivity contribution in [1.29, 1.82) is 0 Å². The average molecular weight is 352 g/mol. The Morgan fingerprint density at radius 2 is 2.05 bits per heavy atom. The first-order chi connectivity index (χ1) is 10.0. The highest BCUT2D eigenvalue weighted by atomic mass is 79.9. The lowest BCUT2D eigenvalue weighted by Gasteiger charge is -2.13. The molecule has 0 heterocycles. The van der Waals surface area contributed by atoms with Crippen molar-refractivity contribution in [1.82, 2.24) is 0 Å². The molecular weight excluding hydrogens is 333 g/mol. The number of rotatable bonds is 5. The predicted octanol–water partition coefficient (Wildman–Crippen LogP) is 4.97. The minimum absolute atomic E-state index is 0.141. The third-order valence-corrected chi connectivity index (χ3v) is 4.15. The van der Waals surface area contributed by atoms with Crippen LogP contribution in [0.15, 0.2) is 40.9 Å². The number of benzene rings is 2. The first kappa shape index (κ1) is 16.0. The first-order valence-corrected chi connectivity index (χ1v) is 7.77. The van der Waals surface area contributed by atoms with Crippen LogP contribution < -0.4 is 10.5 Å². The van der Waals surface area contributed by atoms with Gasteiger partial charge >= 0.3 is 0 Å². The fourth-order valence-corrected chi connectivity index (χ4v) is 2.53. The molecule has 0 amide bonds. The summed E-state index contributed by atoms with van der Waals surface area (Å²) in [5, 5.41) is 0. The van der Waals surface area contributed by atoms with Crippen molar-refractivity contribution < 1.29 is 9.13 Å². The third-order valence-electron chi connectivity index (χ3n) is 3.42. The first-order valence-electron chi connectivity index (χ1n) is 6.98. The third kappa shape index (κ3) is 4.05. The van der Waals surface area contributed by atoms with Crippen LogP contribution in [0.2, 0.25) is 0 Å². The minimum atomic E-state index is -0.328. The molecule has 1 atom stereocenters.